The van der Waals surface area contributed by atoms with E-state index in [0.717, 1.165) is 65.4 Å². The molecular formula is C31H34N8O2S. The summed E-state index contributed by atoms with van der Waals surface area (Å²) in [4.78, 5) is 29.1. The molecule has 0 bridgehead atoms. The number of rotatable bonds is 13. The molecule has 0 saturated heterocycles. The number of aromatic nitrogens is 4. The lowest BCUT2D eigenvalue weighted by molar-refractivity contribution is -0.120. The van der Waals surface area contributed by atoms with Crippen LogP contribution in [0.3, 0.4) is 0 Å². The molecule has 4 aromatic rings. The second kappa shape index (κ2) is 14.2. The van der Waals surface area contributed by atoms with Gasteiger partial charge in [-0.25, -0.2) is 4.98 Å². The van der Waals surface area contributed by atoms with Gasteiger partial charge in [0.25, 0.3) is 0 Å². The number of hydrogen-bond acceptors (Lipinski definition) is 8. The third kappa shape index (κ3) is 8.61. The molecule has 0 atom stereocenters. The van der Waals surface area contributed by atoms with Gasteiger partial charge in [-0.2, -0.15) is 0 Å². The molecule has 0 unspecified atom stereocenters. The van der Waals surface area contributed by atoms with Gasteiger partial charge in [-0.1, -0.05) is 65.9 Å². The molecular weight excluding hydrogens is 548 g/mol. The van der Waals surface area contributed by atoms with E-state index in [2.05, 4.69) is 53.4 Å². The number of carbonyl (C=O) groups is 2. The van der Waals surface area contributed by atoms with Crippen LogP contribution in [0.25, 0.3) is 0 Å². The predicted molar refractivity (Wildman–Crippen MR) is 163 cm³/mol. The van der Waals surface area contributed by atoms with E-state index >= 15 is 0 Å². The minimum absolute atomic E-state index is 0.0721. The molecule has 42 heavy (non-hydrogen) atoms. The van der Waals surface area contributed by atoms with Crippen molar-refractivity contribution in [2.45, 2.75) is 52.0 Å². The largest absolute Gasteiger partial charge is 0.331 e. The van der Waals surface area contributed by atoms with Crippen molar-refractivity contribution in [1.29, 1.82) is 0 Å². The van der Waals surface area contributed by atoms with Gasteiger partial charge >= 0.3 is 0 Å². The number of benzene rings is 2. The molecule has 0 saturated carbocycles. The Morgan fingerprint density at radius 3 is 2.40 bits per heavy atom. The van der Waals surface area contributed by atoms with Crippen LogP contribution in [0, 0.1) is 6.92 Å². The van der Waals surface area contributed by atoms with Gasteiger partial charge in [-0.05, 0) is 55.0 Å². The van der Waals surface area contributed by atoms with E-state index in [4.69, 9.17) is 0 Å². The number of hydrazine groups is 1. The zero-order valence-corrected chi connectivity index (χ0v) is 24.3. The number of amides is 2. The summed E-state index contributed by atoms with van der Waals surface area (Å²) in [5.41, 5.74) is 10.3. The average Bonchev–Trinajstić information content (AvgIpc) is 3.60. The van der Waals surface area contributed by atoms with E-state index in [1.54, 1.807) is 6.20 Å². The summed E-state index contributed by atoms with van der Waals surface area (Å²) in [6.45, 7) is 2.69. The Hall–Kier alpha value is -4.77. The number of imidazole rings is 1. The van der Waals surface area contributed by atoms with Gasteiger partial charge in [-0.15, -0.1) is 10.2 Å². The van der Waals surface area contributed by atoms with Gasteiger partial charge in [-0.3, -0.25) is 15.0 Å². The third-order valence-corrected chi connectivity index (χ3v) is 7.62. The highest BCUT2D eigenvalue weighted by molar-refractivity contribution is 7.15. The van der Waals surface area contributed by atoms with E-state index in [-0.39, 0.29) is 18.2 Å². The summed E-state index contributed by atoms with van der Waals surface area (Å²) < 4.78 is 2.07. The number of nitrogens with zero attached hydrogens (tertiary/aromatic N) is 4. The van der Waals surface area contributed by atoms with Crippen LogP contribution < -0.4 is 21.5 Å². The molecule has 0 aliphatic carbocycles. The zero-order valence-electron chi connectivity index (χ0n) is 23.5. The predicted octanol–water partition coefficient (Wildman–Crippen LogP) is 4.18. The van der Waals surface area contributed by atoms with Crippen molar-refractivity contribution in [2.24, 2.45) is 0 Å². The van der Waals surface area contributed by atoms with Crippen molar-refractivity contribution in [1.82, 2.24) is 35.9 Å². The fourth-order valence-corrected chi connectivity index (χ4v) is 5.36. The van der Waals surface area contributed by atoms with Gasteiger partial charge in [0, 0.05) is 31.1 Å². The number of carbonyl (C=O) groups excluding carboxylic acids is 2. The maximum Gasteiger partial charge on any atom is 0.230 e. The first-order chi connectivity index (χ1) is 20.5. The van der Waals surface area contributed by atoms with E-state index < -0.39 is 0 Å². The lowest BCUT2D eigenvalue weighted by Crippen LogP contribution is -2.41. The van der Waals surface area contributed by atoms with Crippen molar-refractivity contribution in [2.75, 3.05) is 5.32 Å². The number of allylic oxidation sites excluding steroid dienone is 3. The first-order valence-electron chi connectivity index (χ1n) is 13.9. The smallest absolute Gasteiger partial charge is 0.230 e. The SMILES string of the molecule is Cc1nccn1Cc1cccc(CC(=O)Nc2nnc(CCCCC3=CC=C(NC(=O)Cc4ccccc4)NN3)s2)c1. The molecule has 3 heterocycles. The van der Waals surface area contributed by atoms with E-state index in [1.165, 1.54) is 11.3 Å². The Labute approximate surface area is 249 Å². The number of nitrogens with one attached hydrogen (secondary N) is 4. The van der Waals surface area contributed by atoms with Crippen molar-refractivity contribution >= 4 is 28.3 Å². The van der Waals surface area contributed by atoms with Gasteiger partial charge in [0.2, 0.25) is 16.9 Å². The Morgan fingerprint density at radius 2 is 1.62 bits per heavy atom. The fourth-order valence-electron chi connectivity index (χ4n) is 4.56. The second-order valence-electron chi connectivity index (χ2n) is 10.1. The van der Waals surface area contributed by atoms with Gasteiger partial charge in [0.05, 0.1) is 12.8 Å². The molecule has 0 radical (unpaired) electrons. The van der Waals surface area contributed by atoms with Crippen LogP contribution in [0.1, 0.15) is 46.8 Å². The number of aryl methyl sites for hydroxylation is 2. The maximum absolute atomic E-state index is 12.6. The topological polar surface area (TPSA) is 126 Å². The second-order valence-corrected chi connectivity index (χ2v) is 11.2. The molecule has 2 amide bonds. The Balaban J connectivity index is 1.00. The Morgan fingerprint density at radius 1 is 0.857 bits per heavy atom. The molecule has 1 aliphatic rings. The number of unbranched alkanes of at least 4 members (excludes halogenated alkanes) is 1. The molecule has 216 valence electrons. The summed E-state index contributed by atoms with van der Waals surface area (Å²) in [5, 5.41) is 15.6. The maximum atomic E-state index is 12.6. The van der Waals surface area contributed by atoms with Gasteiger partial charge < -0.3 is 20.6 Å². The molecule has 2 aromatic carbocycles. The normalized spacial score (nSPS) is 12.5. The summed E-state index contributed by atoms with van der Waals surface area (Å²) in [6.07, 6.45) is 11.7. The Kier molecular flexibility index (Phi) is 9.73. The van der Waals surface area contributed by atoms with Crippen LogP contribution in [0.5, 0.6) is 0 Å². The first kappa shape index (κ1) is 28.7. The van der Waals surface area contributed by atoms with Crippen molar-refractivity contribution in [3.8, 4) is 0 Å². The highest BCUT2D eigenvalue weighted by Gasteiger charge is 2.12. The molecule has 4 N–H and O–H groups in total. The van der Waals surface area contributed by atoms with Crippen LogP contribution in [-0.4, -0.2) is 31.6 Å². The summed E-state index contributed by atoms with van der Waals surface area (Å²) >= 11 is 1.41. The highest BCUT2D eigenvalue weighted by Crippen LogP contribution is 2.19. The molecule has 11 heteroatoms. The third-order valence-electron chi connectivity index (χ3n) is 6.72. The number of hydrogen-bond donors (Lipinski definition) is 4. The summed E-state index contributed by atoms with van der Waals surface area (Å²) in [6, 6.07) is 17.7. The molecule has 10 nitrogen and oxygen atoms in total. The van der Waals surface area contributed by atoms with Crippen LogP contribution in [-0.2, 0) is 35.4 Å². The monoisotopic (exact) mass is 582 g/mol. The van der Waals surface area contributed by atoms with Crippen LogP contribution in [0.2, 0.25) is 0 Å². The minimum atomic E-state index is -0.111. The molecule has 5 rings (SSSR count). The summed E-state index contributed by atoms with van der Waals surface area (Å²) in [7, 11) is 0. The van der Waals surface area contributed by atoms with Crippen LogP contribution in [0.4, 0.5) is 5.13 Å². The van der Waals surface area contributed by atoms with Crippen molar-refractivity contribution in [3.05, 3.63) is 118 Å². The van der Waals surface area contributed by atoms with Crippen molar-refractivity contribution in [3.63, 3.8) is 0 Å². The Bertz CT molecular complexity index is 1570. The first-order valence-corrected chi connectivity index (χ1v) is 14.8. The fraction of sp³-hybridized carbons (Fsp3) is 0.258. The minimum Gasteiger partial charge on any atom is -0.331 e. The zero-order chi connectivity index (χ0) is 29.1. The van der Waals surface area contributed by atoms with Crippen molar-refractivity contribution < 1.29 is 9.59 Å². The van der Waals surface area contributed by atoms with E-state index in [9.17, 15) is 9.59 Å². The van der Waals surface area contributed by atoms with E-state index in [1.807, 2.05) is 67.7 Å². The molecule has 1 aliphatic heterocycles. The van der Waals surface area contributed by atoms with Gasteiger partial charge in [0.15, 0.2) is 0 Å². The number of anilines is 1. The van der Waals surface area contributed by atoms with E-state index in [0.29, 0.717) is 17.4 Å². The molecule has 2 aromatic heterocycles. The average molecular weight is 583 g/mol. The lowest BCUT2D eigenvalue weighted by Gasteiger charge is -2.20. The quantitative estimate of drug-likeness (QED) is 0.174. The van der Waals surface area contributed by atoms with Crippen LogP contribution >= 0.6 is 11.3 Å². The highest BCUT2D eigenvalue weighted by atomic mass is 32.1. The van der Waals surface area contributed by atoms with Crippen LogP contribution in [0.15, 0.2) is 90.7 Å². The summed E-state index contributed by atoms with van der Waals surface area (Å²) in [5.74, 6) is 1.40. The standard InChI is InChI=1S/C31H34N8O2S/c1-22-32-16-17-39(22)21-25-11-7-10-24(18-25)20-29(41)34-31-38-37-30(42-31)13-6-5-12-26-14-15-27(36-35-26)33-28(40)19-23-8-3-2-4-9-23/h2-4,7-11,14-18,35-36H,5-6,12-13,19-21H2,1H3,(H,33,40)(H,34,38,41). The molecule has 0 spiro atoms. The molecule has 0 fully saturated rings. The lowest BCUT2D eigenvalue weighted by atomic mass is 10.1. The van der Waals surface area contributed by atoms with Gasteiger partial charge in [0.1, 0.15) is 16.7 Å².